The van der Waals surface area contributed by atoms with Crippen molar-refractivity contribution in [1.82, 2.24) is 4.98 Å². The van der Waals surface area contributed by atoms with Gasteiger partial charge in [0.05, 0.1) is 12.6 Å². The van der Waals surface area contributed by atoms with Crippen LogP contribution >= 0.6 is 0 Å². The maximum Gasteiger partial charge on any atom is 0.358 e. The number of hydrogen-bond donors (Lipinski definition) is 1. The minimum absolute atomic E-state index is 0.0985. The van der Waals surface area contributed by atoms with Gasteiger partial charge in [-0.3, -0.25) is 0 Å². The van der Waals surface area contributed by atoms with E-state index in [4.69, 9.17) is 9.47 Å². The molecule has 3 rings (SSSR count). The Kier molecular flexibility index (Phi) is 4.10. The summed E-state index contributed by atoms with van der Waals surface area (Å²) < 4.78 is 10.9. The lowest BCUT2D eigenvalue weighted by atomic mass is 10.1. The van der Waals surface area contributed by atoms with E-state index in [0.29, 0.717) is 11.3 Å². The molecule has 3 aromatic rings. The SMILES string of the molecule is COc1ccc2nc(C(=O)O)c(OCc3ccccc3)cc2c1. The highest BCUT2D eigenvalue weighted by atomic mass is 16.5. The van der Waals surface area contributed by atoms with Crippen molar-refractivity contribution in [2.75, 3.05) is 7.11 Å². The van der Waals surface area contributed by atoms with E-state index < -0.39 is 5.97 Å². The largest absolute Gasteiger partial charge is 0.497 e. The van der Waals surface area contributed by atoms with Gasteiger partial charge in [-0.05, 0) is 29.8 Å². The summed E-state index contributed by atoms with van der Waals surface area (Å²) in [7, 11) is 1.58. The Hall–Kier alpha value is -3.08. The Morgan fingerprint density at radius 2 is 1.91 bits per heavy atom. The number of carbonyl (C=O) groups is 1. The van der Waals surface area contributed by atoms with E-state index >= 15 is 0 Å². The van der Waals surface area contributed by atoms with Crippen LogP contribution in [0, 0.1) is 0 Å². The van der Waals surface area contributed by atoms with Gasteiger partial charge in [0, 0.05) is 5.39 Å². The first-order valence-electron chi connectivity index (χ1n) is 7.06. The highest BCUT2D eigenvalue weighted by Gasteiger charge is 2.15. The van der Waals surface area contributed by atoms with E-state index in [1.807, 2.05) is 30.3 Å². The predicted molar refractivity (Wildman–Crippen MR) is 86.0 cm³/mol. The average molecular weight is 309 g/mol. The van der Waals surface area contributed by atoms with Gasteiger partial charge in [-0.15, -0.1) is 0 Å². The Morgan fingerprint density at radius 1 is 1.13 bits per heavy atom. The van der Waals surface area contributed by atoms with Gasteiger partial charge in [-0.25, -0.2) is 9.78 Å². The number of nitrogens with zero attached hydrogens (tertiary/aromatic N) is 1. The third kappa shape index (κ3) is 3.23. The molecule has 0 atom stereocenters. The molecular formula is C18H15NO4. The lowest BCUT2D eigenvalue weighted by Crippen LogP contribution is -2.06. The van der Waals surface area contributed by atoms with E-state index in [1.165, 1.54) is 0 Å². The molecule has 0 aliphatic rings. The minimum Gasteiger partial charge on any atom is -0.497 e. The number of pyridine rings is 1. The van der Waals surface area contributed by atoms with Crippen molar-refractivity contribution < 1.29 is 19.4 Å². The van der Waals surface area contributed by atoms with Crippen LogP contribution in [-0.4, -0.2) is 23.2 Å². The smallest absolute Gasteiger partial charge is 0.358 e. The van der Waals surface area contributed by atoms with Crippen LogP contribution in [0.3, 0.4) is 0 Å². The van der Waals surface area contributed by atoms with E-state index in [9.17, 15) is 9.90 Å². The summed E-state index contributed by atoms with van der Waals surface area (Å²) in [4.78, 5) is 15.6. The second-order valence-electron chi connectivity index (χ2n) is 4.97. The number of rotatable bonds is 5. The Balaban J connectivity index is 1.98. The van der Waals surface area contributed by atoms with E-state index in [0.717, 1.165) is 10.9 Å². The van der Waals surface area contributed by atoms with Gasteiger partial charge in [-0.1, -0.05) is 30.3 Å². The first kappa shape index (κ1) is 14.8. The summed E-state index contributed by atoms with van der Waals surface area (Å²) in [5.74, 6) is -0.204. The molecular weight excluding hydrogens is 294 g/mol. The number of hydrogen-bond acceptors (Lipinski definition) is 4. The molecule has 0 fully saturated rings. The van der Waals surface area contributed by atoms with Crippen molar-refractivity contribution in [3.63, 3.8) is 0 Å². The van der Waals surface area contributed by atoms with Gasteiger partial charge in [-0.2, -0.15) is 0 Å². The normalized spacial score (nSPS) is 10.5. The average Bonchev–Trinajstić information content (AvgIpc) is 2.59. The summed E-state index contributed by atoms with van der Waals surface area (Å²) >= 11 is 0. The first-order valence-corrected chi connectivity index (χ1v) is 7.06. The zero-order valence-corrected chi connectivity index (χ0v) is 12.5. The van der Waals surface area contributed by atoms with E-state index in [2.05, 4.69) is 4.98 Å². The molecule has 0 aliphatic heterocycles. The number of aromatic carboxylic acids is 1. The maximum atomic E-state index is 11.4. The molecule has 23 heavy (non-hydrogen) atoms. The lowest BCUT2D eigenvalue weighted by molar-refractivity contribution is 0.0685. The zero-order chi connectivity index (χ0) is 16.2. The molecule has 0 bridgehead atoms. The molecule has 0 saturated heterocycles. The van der Waals surface area contributed by atoms with Crippen molar-refractivity contribution in [3.8, 4) is 11.5 Å². The fraction of sp³-hybridized carbons (Fsp3) is 0.111. The first-order chi connectivity index (χ1) is 11.2. The maximum absolute atomic E-state index is 11.4. The van der Waals surface area contributed by atoms with Crippen molar-refractivity contribution in [3.05, 3.63) is 65.9 Å². The highest BCUT2D eigenvalue weighted by Crippen LogP contribution is 2.27. The summed E-state index contributed by atoms with van der Waals surface area (Å²) in [6.07, 6.45) is 0. The molecule has 1 heterocycles. The van der Waals surface area contributed by atoms with Crippen LogP contribution < -0.4 is 9.47 Å². The Morgan fingerprint density at radius 3 is 2.61 bits per heavy atom. The number of carboxylic acid groups (broad SMARTS) is 1. The third-order valence-corrected chi connectivity index (χ3v) is 3.43. The van der Waals surface area contributed by atoms with Crippen molar-refractivity contribution in [2.45, 2.75) is 6.61 Å². The summed E-state index contributed by atoms with van der Waals surface area (Å²) in [6.45, 7) is 0.276. The molecule has 0 amide bonds. The van der Waals surface area contributed by atoms with Crippen LogP contribution in [0.25, 0.3) is 10.9 Å². The number of benzene rings is 2. The van der Waals surface area contributed by atoms with E-state index in [1.54, 1.807) is 31.4 Å². The molecule has 0 radical (unpaired) electrons. The van der Waals surface area contributed by atoms with Crippen molar-refractivity contribution in [2.24, 2.45) is 0 Å². The number of ether oxygens (including phenoxy) is 2. The summed E-state index contributed by atoms with van der Waals surface area (Å²) in [5.41, 5.74) is 1.43. The van der Waals surface area contributed by atoms with Gasteiger partial charge < -0.3 is 14.6 Å². The van der Waals surface area contributed by atoms with Gasteiger partial charge in [0.1, 0.15) is 12.4 Å². The minimum atomic E-state index is -1.12. The zero-order valence-electron chi connectivity index (χ0n) is 12.5. The number of fused-ring (bicyclic) bond motifs is 1. The fourth-order valence-corrected chi connectivity index (χ4v) is 2.26. The molecule has 0 unspecified atom stereocenters. The van der Waals surface area contributed by atoms with Crippen LogP contribution in [0.2, 0.25) is 0 Å². The Labute approximate surface area is 133 Å². The van der Waals surface area contributed by atoms with Gasteiger partial charge in [0.25, 0.3) is 0 Å². The van der Waals surface area contributed by atoms with Gasteiger partial charge in [0.2, 0.25) is 0 Å². The van der Waals surface area contributed by atoms with Crippen LogP contribution in [0.4, 0.5) is 0 Å². The van der Waals surface area contributed by atoms with Gasteiger partial charge in [0.15, 0.2) is 11.4 Å². The van der Waals surface area contributed by atoms with E-state index in [-0.39, 0.29) is 18.1 Å². The molecule has 2 aromatic carbocycles. The highest BCUT2D eigenvalue weighted by molar-refractivity contribution is 5.93. The molecule has 0 aliphatic carbocycles. The quantitative estimate of drug-likeness (QED) is 0.781. The monoisotopic (exact) mass is 309 g/mol. The number of methoxy groups -OCH3 is 1. The number of aromatic nitrogens is 1. The lowest BCUT2D eigenvalue weighted by Gasteiger charge is -2.11. The van der Waals surface area contributed by atoms with Crippen molar-refractivity contribution in [1.29, 1.82) is 0 Å². The van der Waals surface area contributed by atoms with Crippen LogP contribution in [0.1, 0.15) is 16.1 Å². The molecule has 1 aromatic heterocycles. The summed E-state index contributed by atoms with van der Waals surface area (Å²) in [5, 5.41) is 10.1. The topological polar surface area (TPSA) is 68.7 Å². The van der Waals surface area contributed by atoms with Crippen LogP contribution in [-0.2, 0) is 6.61 Å². The van der Waals surface area contributed by atoms with Crippen LogP contribution in [0.5, 0.6) is 11.5 Å². The summed E-state index contributed by atoms with van der Waals surface area (Å²) in [6, 6.07) is 16.5. The molecule has 0 spiro atoms. The molecule has 5 nitrogen and oxygen atoms in total. The number of carboxylic acids is 1. The fourth-order valence-electron chi connectivity index (χ4n) is 2.26. The predicted octanol–water partition coefficient (Wildman–Crippen LogP) is 3.52. The standard InChI is InChI=1S/C18H15NO4/c1-22-14-7-8-15-13(9-14)10-16(17(19-15)18(20)21)23-11-12-5-3-2-4-6-12/h2-10H,11H2,1H3,(H,20,21). The molecule has 0 saturated carbocycles. The second kappa shape index (κ2) is 6.36. The van der Waals surface area contributed by atoms with Gasteiger partial charge >= 0.3 is 5.97 Å². The molecule has 1 N–H and O–H groups in total. The molecule has 116 valence electrons. The van der Waals surface area contributed by atoms with Crippen molar-refractivity contribution >= 4 is 16.9 Å². The molecule has 5 heteroatoms. The van der Waals surface area contributed by atoms with Crippen LogP contribution in [0.15, 0.2) is 54.6 Å². The Bertz CT molecular complexity index is 846. The second-order valence-corrected chi connectivity index (χ2v) is 4.97. The third-order valence-electron chi connectivity index (χ3n) is 3.43.